The number of hydrogen-bond acceptors (Lipinski definition) is 2. The molecule has 3 nitrogen and oxygen atoms in total. The van der Waals surface area contributed by atoms with Gasteiger partial charge in [-0.3, -0.25) is 4.79 Å². The van der Waals surface area contributed by atoms with E-state index >= 15 is 0 Å². The number of benzene rings is 1. The van der Waals surface area contributed by atoms with Gasteiger partial charge in [0.2, 0.25) is 5.91 Å². The van der Waals surface area contributed by atoms with Gasteiger partial charge in [-0.25, -0.2) is 4.39 Å². The van der Waals surface area contributed by atoms with Gasteiger partial charge in [-0.1, -0.05) is 12.1 Å². The van der Waals surface area contributed by atoms with E-state index in [2.05, 4.69) is 4.90 Å². The highest BCUT2D eigenvalue weighted by Crippen LogP contribution is 2.40. The lowest BCUT2D eigenvalue weighted by Crippen LogP contribution is -2.51. The first-order chi connectivity index (χ1) is 10.1. The Morgan fingerprint density at radius 3 is 2.43 bits per heavy atom. The van der Waals surface area contributed by atoms with Crippen molar-refractivity contribution in [2.45, 2.75) is 38.1 Å². The monoisotopic (exact) mass is 290 g/mol. The molecular weight excluding hydrogens is 267 g/mol. The van der Waals surface area contributed by atoms with Crippen LogP contribution in [-0.4, -0.2) is 41.9 Å². The molecule has 0 aromatic heterocycles. The number of halogens is 1. The average molecular weight is 290 g/mol. The Morgan fingerprint density at radius 1 is 1.14 bits per heavy atom. The van der Waals surface area contributed by atoms with E-state index in [9.17, 15) is 9.18 Å². The van der Waals surface area contributed by atoms with Crippen molar-refractivity contribution in [3.05, 3.63) is 35.6 Å². The quantitative estimate of drug-likeness (QED) is 0.854. The fourth-order valence-corrected chi connectivity index (χ4v) is 3.96. The number of carbonyl (C=O) groups is 1. The van der Waals surface area contributed by atoms with Gasteiger partial charge < -0.3 is 9.80 Å². The first kappa shape index (κ1) is 14.5. The normalized spacial score (nSPS) is 26.5. The first-order valence-corrected chi connectivity index (χ1v) is 7.88. The molecular formula is C17H23FN2O. The molecule has 3 rings (SSSR count). The fraction of sp³-hybridized carbons (Fsp3) is 0.588. The average Bonchev–Trinajstić information content (AvgIpc) is 3.10. The third kappa shape index (κ3) is 2.69. The summed E-state index contributed by atoms with van der Waals surface area (Å²) in [4.78, 5) is 16.6. The van der Waals surface area contributed by atoms with E-state index in [0.717, 1.165) is 44.6 Å². The van der Waals surface area contributed by atoms with Crippen LogP contribution >= 0.6 is 0 Å². The Hall–Kier alpha value is -1.42. The topological polar surface area (TPSA) is 23.6 Å². The van der Waals surface area contributed by atoms with Crippen LogP contribution in [0, 0.1) is 5.82 Å². The van der Waals surface area contributed by atoms with Crippen LogP contribution in [-0.2, 0) is 10.3 Å². The second-order valence-electron chi connectivity index (χ2n) is 6.30. The molecule has 2 heterocycles. The standard InChI is InChI=1S/C17H23FN2O/c1-14(21)20-12-4-9-17(20,13-19-10-2-3-11-19)15-5-7-16(18)8-6-15/h5-8H,2-4,9-13H2,1H3. The van der Waals surface area contributed by atoms with E-state index in [1.807, 2.05) is 17.0 Å². The highest BCUT2D eigenvalue weighted by atomic mass is 19.1. The summed E-state index contributed by atoms with van der Waals surface area (Å²) in [5.74, 6) is -0.0986. The highest BCUT2D eigenvalue weighted by Gasteiger charge is 2.45. The molecule has 1 atom stereocenters. The molecule has 1 aromatic carbocycles. The van der Waals surface area contributed by atoms with Crippen molar-refractivity contribution in [2.24, 2.45) is 0 Å². The van der Waals surface area contributed by atoms with Crippen molar-refractivity contribution in [1.82, 2.24) is 9.80 Å². The van der Waals surface area contributed by atoms with Gasteiger partial charge in [0.05, 0.1) is 5.54 Å². The molecule has 1 unspecified atom stereocenters. The predicted octanol–water partition coefficient (Wildman–Crippen LogP) is 2.76. The van der Waals surface area contributed by atoms with Crippen molar-refractivity contribution in [2.75, 3.05) is 26.2 Å². The lowest BCUT2D eigenvalue weighted by Gasteiger charge is -2.41. The summed E-state index contributed by atoms with van der Waals surface area (Å²) in [5, 5.41) is 0. The number of amides is 1. The van der Waals surface area contributed by atoms with Gasteiger partial charge in [-0.2, -0.15) is 0 Å². The van der Waals surface area contributed by atoms with E-state index in [4.69, 9.17) is 0 Å². The zero-order valence-electron chi connectivity index (χ0n) is 12.6. The molecule has 2 aliphatic heterocycles. The van der Waals surface area contributed by atoms with E-state index in [1.165, 1.54) is 25.0 Å². The summed E-state index contributed by atoms with van der Waals surface area (Å²) in [7, 11) is 0. The van der Waals surface area contributed by atoms with Gasteiger partial charge in [-0.05, 0) is 56.5 Å². The predicted molar refractivity (Wildman–Crippen MR) is 80.4 cm³/mol. The van der Waals surface area contributed by atoms with Gasteiger partial charge in [0.25, 0.3) is 0 Å². The summed E-state index contributed by atoms with van der Waals surface area (Å²) >= 11 is 0. The Bertz CT molecular complexity index is 510. The van der Waals surface area contributed by atoms with Crippen LogP contribution < -0.4 is 0 Å². The van der Waals surface area contributed by atoms with Crippen LogP contribution in [0.4, 0.5) is 4.39 Å². The Morgan fingerprint density at radius 2 is 1.81 bits per heavy atom. The summed E-state index contributed by atoms with van der Waals surface area (Å²) in [6.07, 6.45) is 4.46. The molecule has 1 amide bonds. The molecule has 0 saturated carbocycles. The van der Waals surface area contributed by atoms with E-state index in [-0.39, 0.29) is 17.3 Å². The maximum absolute atomic E-state index is 13.3. The maximum Gasteiger partial charge on any atom is 0.220 e. The lowest BCUT2D eigenvalue weighted by molar-refractivity contribution is -0.134. The number of rotatable bonds is 3. The first-order valence-electron chi connectivity index (χ1n) is 7.88. The smallest absolute Gasteiger partial charge is 0.220 e. The molecule has 2 saturated heterocycles. The molecule has 0 aliphatic carbocycles. The SMILES string of the molecule is CC(=O)N1CCCC1(CN1CCCC1)c1ccc(F)cc1. The maximum atomic E-state index is 13.3. The molecule has 0 N–H and O–H groups in total. The third-order valence-electron chi connectivity index (χ3n) is 4.93. The van der Waals surface area contributed by atoms with E-state index in [1.54, 1.807) is 6.92 Å². The van der Waals surface area contributed by atoms with Crippen LogP contribution in [0.15, 0.2) is 24.3 Å². The lowest BCUT2D eigenvalue weighted by atomic mass is 9.86. The third-order valence-corrected chi connectivity index (χ3v) is 4.93. The van der Waals surface area contributed by atoms with Gasteiger partial charge in [0.15, 0.2) is 0 Å². The number of hydrogen-bond donors (Lipinski definition) is 0. The van der Waals surface area contributed by atoms with Gasteiger partial charge in [-0.15, -0.1) is 0 Å². The van der Waals surface area contributed by atoms with Crippen LogP contribution in [0.3, 0.4) is 0 Å². The summed E-state index contributed by atoms with van der Waals surface area (Å²) in [6, 6.07) is 6.73. The summed E-state index contributed by atoms with van der Waals surface area (Å²) in [6.45, 7) is 5.54. The zero-order valence-corrected chi connectivity index (χ0v) is 12.6. The van der Waals surface area contributed by atoms with Crippen molar-refractivity contribution in [1.29, 1.82) is 0 Å². The molecule has 0 spiro atoms. The minimum Gasteiger partial charge on any atom is -0.332 e. The van der Waals surface area contributed by atoms with E-state index in [0.29, 0.717) is 0 Å². The van der Waals surface area contributed by atoms with E-state index < -0.39 is 0 Å². The molecule has 114 valence electrons. The largest absolute Gasteiger partial charge is 0.332 e. The van der Waals surface area contributed by atoms with Crippen LogP contribution in [0.5, 0.6) is 0 Å². The Balaban J connectivity index is 1.96. The molecule has 0 radical (unpaired) electrons. The molecule has 0 bridgehead atoms. The Kier molecular flexibility index (Phi) is 3.98. The molecule has 1 aromatic rings. The van der Waals surface area contributed by atoms with Gasteiger partial charge in [0.1, 0.15) is 5.82 Å². The number of likely N-dealkylation sites (tertiary alicyclic amines) is 2. The number of carbonyl (C=O) groups excluding carboxylic acids is 1. The van der Waals surface area contributed by atoms with Crippen LogP contribution in [0.1, 0.15) is 38.2 Å². The molecule has 21 heavy (non-hydrogen) atoms. The summed E-state index contributed by atoms with van der Waals surface area (Å²) < 4.78 is 13.3. The molecule has 2 aliphatic rings. The van der Waals surface area contributed by atoms with Gasteiger partial charge in [0, 0.05) is 20.0 Å². The van der Waals surface area contributed by atoms with Crippen molar-refractivity contribution in [3.63, 3.8) is 0 Å². The minimum atomic E-state index is -0.274. The zero-order chi connectivity index (χ0) is 14.9. The molecule has 2 fully saturated rings. The summed E-state index contributed by atoms with van der Waals surface area (Å²) in [5.41, 5.74) is 0.799. The molecule has 4 heteroatoms. The second kappa shape index (κ2) is 5.76. The second-order valence-corrected chi connectivity index (χ2v) is 6.30. The van der Waals surface area contributed by atoms with Crippen LogP contribution in [0.2, 0.25) is 0 Å². The fourth-order valence-electron chi connectivity index (χ4n) is 3.96. The Labute approximate surface area is 125 Å². The minimum absolute atomic E-state index is 0.121. The van der Waals surface area contributed by atoms with Gasteiger partial charge >= 0.3 is 0 Å². The van der Waals surface area contributed by atoms with Crippen molar-refractivity contribution in [3.8, 4) is 0 Å². The van der Waals surface area contributed by atoms with Crippen molar-refractivity contribution < 1.29 is 9.18 Å². The van der Waals surface area contributed by atoms with Crippen molar-refractivity contribution >= 4 is 5.91 Å². The van der Waals surface area contributed by atoms with Crippen LogP contribution in [0.25, 0.3) is 0 Å². The number of nitrogens with zero attached hydrogens (tertiary/aromatic N) is 2. The highest BCUT2D eigenvalue weighted by molar-refractivity contribution is 5.75.